The van der Waals surface area contributed by atoms with Gasteiger partial charge in [-0.2, -0.15) is 13.2 Å². The summed E-state index contributed by atoms with van der Waals surface area (Å²) in [7, 11) is 0. The number of aryl methyl sites for hydroxylation is 1. The van der Waals surface area contributed by atoms with Crippen LogP contribution in [0.15, 0.2) is 36.4 Å². The van der Waals surface area contributed by atoms with E-state index in [1.165, 1.54) is 24.3 Å². The first-order valence-electron chi connectivity index (χ1n) is 6.40. The van der Waals surface area contributed by atoms with Crippen LogP contribution in [0, 0.1) is 17.0 Å². The molecule has 1 aromatic rings. The van der Waals surface area contributed by atoms with Crippen LogP contribution in [-0.4, -0.2) is 11.1 Å². The van der Waals surface area contributed by atoms with E-state index in [0.29, 0.717) is 24.0 Å². The number of allylic oxidation sites excluding steroid dienone is 3. The number of halogens is 3. The van der Waals surface area contributed by atoms with Crippen molar-refractivity contribution >= 4 is 11.3 Å². The maximum atomic E-state index is 12.9. The van der Waals surface area contributed by atoms with Gasteiger partial charge in [0, 0.05) is 12.1 Å². The lowest BCUT2D eigenvalue weighted by Crippen LogP contribution is -2.13. The second-order valence-corrected chi connectivity index (χ2v) is 4.64. The van der Waals surface area contributed by atoms with Crippen molar-refractivity contribution in [2.24, 2.45) is 0 Å². The van der Waals surface area contributed by atoms with E-state index in [2.05, 4.69) is 6.58 Å². The number of hydrogen-bond donors (Lipinski definition) is 0. The monoisotopic (exact) mass is 299 g/mol. The third-order valence-electron chi connectivity index (χ3n) is 3.02. The summed E-state index contributed by atoms with van der Waals surface area (Å²) in [5.74, 6) is 0. The SMILES string of the molecule is C=C(/C(=C/CCC)c1ccc([N+](=O)[O-])cc1C)C(F)(F)F. The Kier molecular flexibility index (Phi) is 5.29. The van der Waals surface area contributed by atoms with Crippen LogP contribution in [0.4, 0.5) is 18.9 Å². The highest BCUT2D eigenvalue weighted by molar-refractivity contribution is 5.81. The van der Waals surface area contributed by atoms with Gasteiger partial charge < -0.3 is 0 Å². The van der Waals surface area contributed by atoms with Gasteiger partial charge in [-0.3, -0.25) is 10.1 Å². The number of hydrogen-bond acceptors (Lipinski definition) is 2. The maximum Gasteiger partial charge on any atom is 0.416 e. The molecule has 0 aliphatic rings. The van der Waals surface area contributed by atoms with Crippen molar-refractivity contribution < 1.29 is 18.1 Å². The number of nitrogens with zero attached hydrogens (tertiary/aromatic N) is 1. The van der Waals surface area contributed by atoms with Crippen molar-refractivity contribution in [3.8, 4) is 0 Å². The zero-order valence-corrected chi connectivity index (χ0v) is 11.8. The molecule has 0 radical (unpaired) electrons. The minimum Gasteiger partial charge on any atom is -0.258 e. The van der Waals surface area contributed by atoms with E-state index in [4.69, 9.17) is 0 Å². The zero-order valence-electron chi connectivity index (χ0n) is 11.8. The summed E-state index contributed by atoms with van der Waals surface area (Å²) in [4.78, 5) is 10.1. The Labute approximate surface area is 120 Å². The number of nitro benzene ring substituents is 1. The van der Waals surface area contributed by atoms with Gasteiger partial charge in [-0.05, 0) is 36.1 Å². The average Bonchev–Trinajstić information content (AvgIpc) is 2.38. The number of non-ortho nitro benzene ring substituents is 1. The molecule has 0 atom stereocenters. The first kappa shape index (κ1) is 16.9. The van der Waals surface area contributed by atoms with E-state index >= 15 is 0 Å². The summed E-state index contributed by atoms with van der Waals surface area (Å²) in [5.41, 5.74) is -0.373. The summed E-state index contributed by atoms with van der Waals surface area (Å²) < 4.78 is 38.7. The van der Waals surface area contributed by atoms with E-state index in [-0.39, 0.29) is 11.3 Å². The van der Waals surface area contributed by atoms with Gasteiger partial charge in [-0.25, -0.2) is 0 Å². The van der Waals surface area contributed by atoms with Crippen molar-refractivity contribution in [2.75, 3.05) is 0 Å². The third kappa shape index (κ3) is 4.18. The molecule has 0 bridgehead atoms. The predicted octanol–water partition coefficient (Wildman–Crippen LogP) is 5.21. The van der Waals surface area contributed by atoms with Gasteiger partial charge in [0.05, 0.1) is 10.5 Å². The molecule has 1 aromatic carbocycles. The number of nitro groups is 1. The lowest BCUT2D eigenvalue weighted by molar-refractivity contribution is -0.384. The first-order chi connectivity index (χ1) is 9.68. The van der Waals surface area contributed by atoms with Crippen LogP contribution in [0.5, 0.6) is 0 Å². The number of alkyl halides is 3. The Hall–Kier alpha value is -2.11. The fraction of sp³-hybridized carbons (Fsp3) is 0.333. The molecule has 3 nitrogen and oxygen atoms in total. The summed E-state index contributed by atoms with van der Waals surface area (Å²) in [6.45, 7) is 6.53. The van der Waals surface area contributed by atoms with Crippen molar-refractivity contribution in [1.82, 2.24) is 0 Å². The molecule has 21 heavy (non-hydrogen) atoms. The standard InChI is InChI=1S/C15H16F3NO2/c1-4-5-6-14(11(3)15(16,17)18)13-8-7-12(19(20)21)9-10(13)2/h6-9H,3-5H2,1-2H3/b14-6-. The number of unbranched alkanes of at least 4 members (excludes halogenated alkanes) is 1. The van der Waals surface area contributed by atoms with E-state index in [1.807, 2.05) is 6.92 Å². The summed E-state index contributed by atoms with van der Waals surface area (Å²) in [5, 5.41) is 10.7. The minimum atomic E-state index is -4.53. The largest absolute Gasteiger partial charge is 0.416 e. The van der Waals surface area contributed by atoms with Crippen LogP contribution in [0.25, 0.3) is 5.57 Å². The van der Waals surface area contributed by atoms with Crippen molar-refractivity contribution in [3.63, 3.8) is 0 Å². The summed E-state index contributed by atoms with van der Waals surface area (Å²) in [6, 6.07) is 3.80. The number of rotatable bonds is 5. The summed E-state index contributed by atoms with van der Waals surface area (Å²) >= 11 is 0. The van der Waals surface area contributed by atoms with E-state index < -0.39 is 16.7 Å². The molecule has 0 saturated heterocycles. The fourth-order valence-corrected chi connectivity index (χ4v) is 1.90. The number of benzene rings is 1. The lowest BCUT2D eigenvalue weighted by Gasteiger charge is -2.16. The molecule has 0 unspecified atom stereocenters. The molecule has 0 heterocycles. The van der Waals surface area contributed by atoms with Crippen LogP contribution in [0.3, 0.4) is 0 Å². The molecule has 0 fully saturated rings. The third-order valence-corrected chi connectivity index (χ3v) is 3.02. The van der Waals surface area contributed by atoms with Crippen LogP contribution >= 0.6 is 0 Å². The lowest BCUT2D eigenvalue weighted by atomic mass is 9.93. The Morgan fingerprint density at radius 2 is 2.05 bits per heavy atom. The smallest absolute Gasteiger partial charge is 0.258 e. The fourth-order valence-electron chi connectivity index (χ4n) is 1.90. The van der Waals surface area contributed by atoms with E-state index in [0.717, 1.165) is 0 Å². The van der Waals surface area contributed by atoms with Crippen molar-refractivity contribution in [2.45, 2.75) is 32.9 Å². The molecule has 1 rings (SSSR count). The highest BCUT2D eigenvalue weighted by Crippen LogP contribution is 2.37. The van der Waals surface area contributed by atoms with Crippen molar-refractivity contribution in [3.05, 3.63) is 57.7 Å². The molecule has 0 N–H and O–H groups in total. The molecule has 0 aliphatic carbocycles. The zero-order chi connectivity index (χ0) is 16.2. The van der Waals surface area contributed by atoms with Gasteiger partial charge >= 0.3 is 6.18 Å². The van der Waals surface area contributed by atoms with E-state index in [9.17, 15) is 23.3 Å². The Morgan fingerprint density at radius 1 is 1.43 bits per heavy atom. The topological polar surface area (TPSA) is 43.1 Å². The van der Waals surface area contributed by atoms with Gasteiger partial charge in [-0.1, -0.05) is 26.0 Å². The molecule has 0 aromatic heterocycles. The van der Waals surface area contributed by atoms with Gasteiger partial charge in [0.15, 0.2) is 0 Å². The quantitative estimate of drug-likeness (QED) is 0.426. The predicted molar refractivity (Wildman–Crippen MR) is 75.9 cm³/mol. The van der Waals surface area contributed by atoms with Crippen molar-refractivity contribution in [1.29, 1.82) is 0 Å². The molecule has 0 amide bonds. The molecule has 0 spiro atoms. The van der Waals surface area contributed by atoms with Crippen LogP contribution < -0.4 is 0 Å². The Morgan fingerprint density at radius 3 is 2.48 bits per heavy atom. The minimum absolute atomic E-state index is 0.0169. The van der Waals surface area contributed by atoms with Gasteiger partial charge in [0.1, 0.15) is 0 Å². The highest BCUT2D eigenvalue weighted by atomic mass is 19.4. The van der Waals surface area contributed by atoms with Crippen LogP contribution in [0.2, 0.25) is 0 Å². The molecule has 6 heteroatoms. The molecular formula is C15H16F3NO2. The summed E-state index contributed by atoms with van der Waals surface area (Å²) in [6.07, 6.45) is -1.89. The Bertz CT molecular complexity index is 589. The second-order valence-electron chi connectivity index (χ2n) is 4.64. The molecule has 0 aliphatic heterocycles. The van der Waals surface area contributed by atoms with Gasteiger partial charge in [0.2, 0.25) is 0 Å². The average molecular weight is 299 g/mol. The van der Waals surface area contributed by atoms with Crippen LogP contribution in [-0.2, 0) is 0 Å². The van der Waals surface area contributed by atoms with Crippen LogP contribution in [0.1, 0.15) is 30.9 Å². The van der Waals surface area contributed by atoms with Gasteiger partial charge in [-0.15, -0.1) is 0 Å². The van der Waals surface area contributed by atoms with Gasteiger partial charge in [0.25, 0.3) is 5.69 Å². The normalized spacial score (nSPS) is 12.3. The maximum absolute atomic E-state index is 12.9. The first-order valence-corrected chi connectivity index (χ1v) is 6.40. The molecular weight excluding hydrogens is 283 g/mol. The molecule has 114 valence electrons. The van der Waals surface area contributed by atoms with E-state index in [1.54, 1.807) is 6.92 Å². The second kappa shape index (κ2) is 6.56. The molecule has 0 saturated carbocycles. The Balaban J connectivity index is 3.34. The highest BCUT2D eigenvalue weighted by Gasteiger charge is 2.35.